The molecule has 0 rings (SSSR count). The maximum absolute atomic E-state index is 13.0. The Morgan fingerprint density at radius 1 is 0.326 bits per heavy atom. The molecule has 92 heavy (non-hydrogen) atoms. The van der Waals surface area contributed by atoms with E-state index in [0.29, 0.717) is 32.1 Å². The predicted octanol–water partition coefficient (Wildman–Crippen LogP) is 19.2. The van der Waals surface area contributed by atoms with Gasteiger partial charge in [0.05, 0.1) is 32.8 Å². The number of hydrogen-bond acceptors (Lipinski definition) is 15. The third-order valence-electron chi connectivity index (χ3n) is 14.0. The van der Waals surface area contributed by atoms with Gasteiger partial charge in [-0.25, -0.2) is 9.13 Å². The molecule has 5 atom stereocenters. The zero-order chi connectivity index (χ0) is 67.5. The van der Waals surface area contributed by atoms with Gasteiger partial charge in [-0.2, -0.15) is 0 Å². The normalized spacial score (nSPS) is 14.8. The van der Waals surface area contributed by atoms with Crippen molar-refractivity contribution in [3.05, 3.63) is 122 Å². The fraction of sp³-hybridized carbons (Fsp3) is 0.671. The van der Waals surface area contributed by atoms with Crippen molar-refractivity contribution in [2.24, 2.45) is 0 Å². The van der Waals surface area contributed by atoms with Gasteiger partial charge >= 0.3 is 39.5 Å². The van der Waals surface area contributed by atoms with Crippen LogP contribution in [-0.4, -0.2) is 96.7 Å². The van der Waals surface area contributed by atoms with Crippen molar-refractivity contribution in [2.45, 2.75) is 277 Å². The Hall–Kier alpha value is -4.54. The molecule has 5 unspecified atom stereocenters. The van der Waals surface area contributed by atoms with Crippen LogP contribution in [0.15, 0.2) is 122 Å². The second kappa shape index (κ2) is 65.1. The van der Waals surface area contributed by atoms with Crippen molar-refractivity contribution in [2.75, 3.05) is 39.6 Å². The van der Waals surface area contributed by atoms with Crippen molar-refractivity contribution < 1.29 is 80.2 Å². The molecular weight excluding hydrogens is 1210 g/mol. The second-order valence-corrected chi connectivity index (χ2v) is 25.6. The fourth-order valence-corrected chi connectivity index (χ4v) is 10.3. The van der Waals surface area contributed by atoms with Gasteiger partial charge in [0.2, 0.25) is 0 Å². The van der Waals surface area contributed by atoms with Crippen LogP contribution >= 0.6 is 15.6 Å². The van der Waals surface area contributed by atoms with E-state index in [4.69, 9.17) is 37.0 Å². The van der Waals surface area contributed by atoms with Gasteiger partial charge in [0, 0.05) is 19.3 Å². The van der Waals surface area contributed by atoms with Gasteiger partial charge in [-0.05, 0) is 109 Å². The van der Waals surface area contributed by atoms with Crippen LogP contribution in [0.4, 0.5) is 0 Å². The molecule has 17 nitrogen and oxygen atoms in total. The second-order valence-electron chi connectivity index (χ2n) is 22.7. The summed E-state index contributed by atoms with van der Waals surface area (Å²) in [4.78, 5) is 72.4. The SMILES string of the molecule is CC/C=C\C/C=C\C/C=C\C/C=C\C/C=C\CC(=O)OCC(COP(=O)(O)OCC(O)COP(=O)(O)OCC(COC(=O)CCCCCCC/C=C\CCCC)OC(=O)CCCCCCCCCCCCC)OC(=O)CCCC/C=C\C/C=C\C/C=C\C/C=C\CC. The van der Waals surface area contributed by atoms with E-state index >= 15 is 0 Å². The maximum atomic E-state index is 13.0. The monoisotopic (exact) mass is 1330 g/mol. The molecule has 0 heterocycles. The molecule has 0 aliphatic heterocycles. The summed E-state index contributed by atoms with van der Waals surface area (Å²) >= 11 is 0. The number of carbonyl (C=O) groups is 4. The average Bonchev–Trinajstić information content (AvgIpc) is 2.93. The third kappa shape index (κ3) is 64.2. The standard InChI is InChI=1S/C73H122O17P2/c1-5-9-13-17-21-25-29-31-33-35-39-42-46-50-54-58-71(76)84-64-69(90-73(78)60-56-52-48-44-40-36-34-32-30-26-22-18-14-10-6-2)66-88-92(81,82)86-62-67(74)61-85-91(79,80)87-65-68(89-72(77)59-55-51-47-43-38-28-24-20-16-12-8-4)63-83-70(75)57-53-49-45-41-37-27-23-19-15-11-7-3/h9-10,13-14,19,21-23,25-26,31-34,39-40,42,44,50,54,67-69,74H,5-8,11-12,15-18,20,24,27-30,35-38,41,43,45-49,51-53,55-66H2,1-4H3,(H,79,80)(H,81,82)/b13-9-,14-10-,23-19-,25-21-,26-22-,33-31-,34-32-,42-39-,44-40-,54-50-. The lowest BCUT2D eigenvalue weighted by atomic mass is 10.1. The topological polar surface area (TPSA) is 237 Å². The van der Waals surface area contributed by atoms with E-state index in [0.717, 1.165) is 122 Å². The van der Waals surface area contributed by atoms with Gasteiger partial charge in [-0.15, -0.1) is 0 Å². The molecule has 0 spiro atoms. The summed E-state index contributed by atoms with van der Waals surface area (Å²) in [6.07, 6.45) is 68.3. The maximum Gasteiger partial charge on any atom is 0.472 e. The highest BCUT2D eigenvalue weighted by Gasteiger charge is 2.30. The van der Waals surface area contributed by atoms with Crippen LogP contribution in [0.5, 0.6) is 0 Å². The van der Waals surface area contributed by atoms with Gasteiger partial charge in [-0.3, -0.25) is 37.3 Å². The molecule has 0 aromatic rings. The molecule has 0 saturated carbocycles. The van der Waals surface area contributed by atoms with E-state index in [1.54, 1.807) is 6.08 Å². The number of esters is 4. The Morgan fingerprint density at radius 2 is 0.620 bits per heavy atom. The van der Waals surface area contributed by atoms with Crippen LogP contribution in [0, 0.1) is 0 Å². The summed E-state index contributed by atoms with van der Waals surface area (Å²) in [5.41, 5.74) is 0. The first-order chi connectivity index (χ1) is 44.7. The van der Waals surface area contributed by atoms with Crippen molar-refractivity contribution in [1.82, 2.24) is 0 Å². The third-order valence-corrected chi connectivity index (χ3v) is 15.9. The van der Waals surface area contributed by atoms with Gasteiger partial charge in [0.15, 0.2) is 12.2 Å². The molecule has 19 heteroatoms. The Labute approximate surface area is 555 Å². The molecule has 0 bridgehead atoms. The number of phosphoric acid groups is 2. The minimum absolute atomic E-state index is 0.0207. The highest BCUT2D eigenvalue weighted by Crippen LogP contribution is 2.45. The molecule has 0 aromatic carbocycles. The van der Waals surface area contributed by atoms with Gasteiger partial charge in [0.25, 0.3) is 0 Å². The molecule has 0 radical (unpaired) electrons. The summed E-state index contributed by atoms with van der Waals surface area (Å²) in [6.45, 7) is 4.39. The molecule has 0 amide bonds. The molecule has 0 aliphatic rings. The number of rotatable bonds is 64. The number of unbranched alkanes of at least 4 members (excludes halogenated alkanes) is 19. The number of aliphatic hydroxyl groups is 1. The molecule has 526 valence electrons. The predicted molar refractivity (Wildman–Crippen MR) is 371 cm³/mol. The molecule has 3 N–H and O–H groups in total. The number of ether oxygens (including phenoxy) is 4. The Balaban J connectivity index is 5.44. The zero-order valence-corrected chi connectivity index (χ0v) is 58.7. The molecule has 0 fully saturated rings. The lowest BCUT2D eigenvalue weighted by molar-refractivity contribution is -0.161. The van der Waals surface area contributed by atoms with Gasteiger partial charge in [-0.1, -0.05) is 246 Å². The number of phosphoric ester groups is 2. The highest BCUT2D eigenvalue weighted by atomic mass is 31.2. The van der Waals surface area contributed by atoms with Crippen LogP contribution in [0.25, 0.3) is 0 Å². The number of aliphatic hydroxyl groups excluding tert-OH is 1. The van der Waals surface area contributed by atoms with Crippen LogP contribution in [-0.2, 0) is 65.4 Å². The number of hydrogen-bond donors (Lipinski definition) is 3. The molecule has 0 aromatic heterocycles. The van der Waals surface area contributed by atoms with Crippen LogP contribution in [0.1, 0.15) is 259 Å². The lowest BCUT2D eigenvalue weighted by Gasteiger charge is -2.21. The first-order valence-electron chi connectivity index (χ1n) is 34.8. The van der Waals surface area contributed by atoms with Crippen LogP contribution < -0.4 is 0 Å². The van der Waals surface area contributed by atoms with E-state index in [1.807, 2.05) is 24.3 Å². The van der Waals surface area contributed by atoms with E-state index in [9.17, 15) is 43.2 Å². The Morgan fingerprint density at radius 3 is 1.03 bits per heavy atom. The summed E-state index contributed by atoms with van der Waals surface area (Å²) in [7, 11) is -9.97. The quantitative estimate of drug-likeness (QED) is 0.0169. The van der Waals surface area contributed by atoms with Crippen molar-refractivity contribution in [3.8, 4) is 0 Å². The summed E-state index contributed by atoms with van der Waals surface area (Å²) in [5.74, 6) is -2.39. The first kappa shape index (κ1) is 87.5. The van der Waals surface area contributed by atoms with Crippen molar-refractivity contribution in [1.29, 1.82) is 0 Å². The van der Waals surface area contributed by atoms with E-state index in [-0.39, 0.29) is 25.7 Å². The van der Waals surface area contributed by atoms with Gasteiger partial charge in [0.1, 0.15) is 19.3 Å². The summed E-state index contributed by atoms with van der Waals surface area (Å²) in [5, 5.41) is 10.6. The average molecular weight is 1330 g/mol. The Kier molecular flexibility index (Phi) is 61.9. The largest absolute Gasteiger partial charge is 0.472 e. The van der Waals surface area contributed by atoms with E-state index < -0.39 is 97.5 Å². The highest BCUT2D eigenvalue weighted by molar-refractivity contribution is 7.47. The van der Waals surface area contributed by atoms with E-state index in [1.165, 1.54) is 51.4 Å². The summed E-state index contributed by atoms with van der Waals surface area (Å²) < 4.78 is 68.0. The van der Waals surface area contributed by atoms with Crippen LogP contribution in [0.2, 0.25) is 0 Å². The number of allylic oxidation sites excluding steroid dienone is 19. The molecular formula is C73H122O17P2. The Bertz CT molecular complexity index is 2230. The smallest absolute Gasteiger partial charge is 0.462 e. The summed E-state index contributed by atoms with van der Waals surface area (Å²) in [6, 6.07) is 0. The number of carbonyl (C=O) groups excluding carboxylic acids is 4. The fourth-order valence-electron chi connectivity index (χ4n) is 8.68. The molecule has 0 aliphatic carbocycles. The van der Waals surface area contributed by atoms with Crippen LogP contribution in [0.3, 0.4) is 0 Å². The minimum atomic E-state index is -5.00. The lowest BCUT2D eigenvalue weighted by Crippen LogP contribution is -2.30. The van der Waals surface area contributed by atoms with Crippen molar-refractivity contribution in [3.63, 3.8) is 0 Å². The first-order valence-corrected chi connectivity index (χ1v) is 37.8. The van der Waals surface area contributed by atoms with Crippen molar-refractivity contribution >= 4 is 39.5 Å². The van der Waals surface area contributed by atoms with Gasteiger partial charge < -0.3 is 33.8 Å². The minimum Gasteiger partial charge on any atom is -0.462 e. The van der Waals surface area contributed by atoms with E-state index in [2.05, 4.69) is 119 Å². The zero-order valence-electron chi connectivity index (χ0n) is 56.9. The molecule has 0 saturated heterocycles.